The van der Waals surface area contributed by atoms with Gasteiger partial charge in [-0.25, -0.2) is 23.1 Å². The van der Waals surface area contributed by atoms with Crippen LogP contribution >= 0.6 is 0 Å². The van der Waals surface area contributed by atoms with Crippen LogP contribution in [0.25, 0.3) is 0 Å². The summed E-state index contributed by atoms with van der Waals surface area (Å²) >= 11 is 0. The van der Waals surface area contributed by atoms with E-state index in [9.17, 15) is 18.0 Å². The summed E-state index contributed by atoms with van der Waals surface area (Å²) < 4.78 is 26.9. The summed E-state index contributed by atoms with van der Waals surface area (Å²) in [5.41, 5.74) is 1.04. The topological polar surface area (TPSA) is 138 Å². The zero-order chi connectivity index (χ0) is 19.2. The van der Waals surface area contributed by atoms with E-state index in [1.807, 2.05) is 0 Å². The third kappa shape index (κ3) is 5.81. The molecule has 0 fully saturated rings. The molecule has 0 radical (unpaired) electrons. The number of benzene rings is 1. The van der Waals surface area contributed by atoms with E-state index >= 15 is 0 Å². The number of hydrogen-bond acceptors (Lipinski definition) is 6. The standard InChI is InChI=1S/C16H18N4O5S/c1-11-9-10-17-16(18-11)20-26(24,25)13-7-5-12(6-8-13)19-14(21)3-2-4-15(22)23/h5-10H,2-4H2,1H3,(H,19,21)(H,22,23)(H,17,18,20). The zero-order valence-electron chi connectivity index (χ0n) is 14.0. The van der Waals surface area contributed by atoms with Gasteiger partial charge in [0.05, 0.1) is 4.90 Å². The molecular weight excluding hydrogens is 360 g/mol. The van der Waals surface area contributed by atoms with Gasteiger partial charge in [-0.3, -0.25) is 9.59 Å². The number of aromatic nitrogens is 2. The van der Waals surface area contributed by atoms with Gasteiger partial charge in [0, 0.05) is 30.4 Å². The van der Waals surface area contributed by atoms with Gasteiger partial charge in [-0.2, -0.15) is 0 Å². The van der Waals surface area contributed by atoms with E-state index in [-0.39, 0.29) is 36.0 Å². The minimum Gasteiger partial charge on any atom is -0.481 e. The fourth-order valence-electron chi connectivity index (χ4n) is 2.02. The smallest absolute Gasteiger partial charge is 0.303 e. The van der Waals surface area contributed by atoms with Crippen LogP contribution in [0.3, 0.4) is 0 Å². The average molecular weight is 378 g/mol. The number of nitrogens with zero attached hydrogens (tertiary/aromatic N) is 2. The molecular formula is C16H18N4O5S. The van der Waals surface area contributed by atoms with Gasteiger partial charge in [0.15, 0.2) is 0 Å². The van der Waals surface area contributed by atoms with Gasteiger partial charge >= 0.3 is 5.97 Å². The van der Waals surface area contributed by atoms with Crippen LogP contribution in [0.4, 0.5) is 11.6 Å². The van der Waals surface area contributed by atoms with Crippen molar-refractivity contribution in [2.24, 2.45) is 0 Å². The molecule has 1 aromatic heterocycles. The van der Waals surface area contributed by atoms with Crippen LogP contribution in [0.5, 0.6) is 0 Å². The van der Waals surface area contributed by atoms with Crippen LogP contribution in [-0.4, -0.2) is 35.4 Å². The highest BCUT2D eigenvalue weighted by Crippen LogP contribution is 2.17. The molecule has 0 unspecified atom stereocenters. The first-order valence-electron chi connectivity index (χ1n) is 7.70. The van der Waals surface area contributed by atoms with Crippen LogP contribution in [-0.2, 0) is 19.6 Å². The first-order valence-corrected chi connectivity index (χ1v) is 9.19. The third-order valence-electron chi connectivity index (χ3n) is 3.26. The lowest BCUT2D eigenvalue weighted by molar-refractivity contribution is -0.137. The SMILES string of the molecule is Cc1ccnc(NS(=O)(=O)c2ccc(NC(=O)CCCC(=O)O)cc2)n1. The Morgan fingerprint density at radius 2 is 1.81 bits per heavy atom. The zero-order valence-corrected chi connectivity index (χ0v) is 14.8. The maximum absolute atomic E-state index is 12.3. The Morgan fingerprint density at radius 3 is 2.42 bits per heavy atom. The molecule has 9 nitrogen and oxygen atoms in total. The molecule has 1 heterocycles. The maximum Gasteiger partial charge on any atom is 0.303 e. The second-order valence-electron chi connectivity index (χ2n) is 5.45. The Morgan fingerprint density at radius 1 is 1.12 bits per heavy atom. The number of carboxylic acid groups (broad SMARTS) is 1. The normalized spacial score (nSPS) is 11.0. The monoisotopic (exact) mass is 378 g/mol. The Bertz CT molecular complexity index is 897. The molecule has 0 aliphatic heterocycles. The van der Waals surface area contributed by atoms with Crippen molar-refractivity contribution in [3.63, 3.8) is 0 Å². The molecule has 10 heteroatoms. The van der Waals surface area contributed by atoms with Crippen molar-refractivity contribution in [3.05, 3.63) is 42.2 Å². The van der Waals surface area contributed by atoms with E-state index in [0.29, 0.717) is 11.4 Å². The molecule has 1 aromatic carbocycles. The van der Waals surface area contributed by atoms with Gasteiger partial charge < -0.3 is 10.4 Å². The molecule has 0 bridgehead atoms. The summed E-state index contributed by atoms with van der Waals surface area (Å²) in [6.45, 7) is 1.72. The van der Waals surface area contributed by atoms with Crippen molar-refractivity contribution >= 4 is 33.5 Å². The summed E-state index contributed by atoms with van der Waals surface area (Å²) in [5, 5.41) is 11.1. The first-order chi connectivity index (χ1) is 12.3. The molecule has 26 heavy (non-hydrogen) atoms. The number of hydrogen-bond donors (Lipinski definition) is 3. The van der Waals surface area contributed by atoms with Gasteiger partial charge in [-0.15, -0.1) is 0 Å². The summed E-state index contributed by atoms with van der Waals surface area (Å²) in [4.78, 5) is 29.9. The summed E-state index contributed by atoms with van der Waals surface area (Å²) in [6.07, 6.45) is 1.66. The first kappa shape index (κ1) is 19.3. The molecule has 0 atom stereocenters. The van der Waals surface area contributed by atoms with Crippen molar-refractivity contribution in [3.8, 4) is 0 Å². The summed E-state index contributed by atoms with van der Waals surface area (Å²) in [6, 6.07) is 7.21. The lowest BCUT2D eigenvalue weighted by Gasteiger charge is -2.08. The molecule has 2 rings (SSSR count). The van der Waals surface area contributed by atoms with E-state index in [4.69, 9.17) is 5.11 Å². The van der Waals surface area contributed by atoms with Gasteiger partial charge in [0.1, 0.15) is 0 Å². The predicted molar refractivity (Wildman–Crippen MR) is 94.1 cm³/mol. The Hall–Kier alpha value is -3.01. The molecule has 2 aromatic rings. The maximum atomic E-state index is 12.3. The van der Waals surface area contributed by atoms with E-state index in [0.717, 1.165) is 0 Å². The molecule has 138 valence electrons. The molecule has 0 saturated heterocycles. The lowest BCUT2D eigenvalue weighted by Crippen LogP contribution is -2.15. The Balaban J connectivity index is 1.99. The van der Waals surface area contributed by atoms with E-state index in [1.165, 1.54) is 30.5 Å². The predicted octanol–water partition coefficient (Wildman–Crippen LogP) is 1.78. The highest BCUT2D eigenvalue weighted by atomic mass is 32.2. The Kier molecular flexibility index (Phi) is 6.23. The summed E-state index contributed by atoms with van der Waals surface area (Å²) in [5.74, 6) is -1.33. The van der Waals surface area contributed by atoms with E-state index in [2.05, 4.69) is 20.0 Å². The van der Waals surface area contributed by atoms with Crippen molar-refractivity contribution < 1.29 is 23.1 Å². The van der Waals surface area contributed by atoms with Gasteiger partial charge in [-0.1, -0.05) is 0 Å². The highest BCUT2D eigenvalue weighted by molar-refractivity contribution is 7.92. The third-order valence-corrected chi connectivity index (χ3v) is 4.61. The fourth-order valence-corrected chi connectivity index (χ4v) is 2.97. The second kappa shape index (κ2) is 8.39. The molecule has 3 N–H and O–H groups in total. The van der Waals surface area contributed by atoms with E-state index < -0.39 is 16.0 Å². The quantitative estimate of drug-likeness (QED) is 0.636. The second-order valence-corrected chi connectivity index (χ2v) is 7.13. The molecule has 0 aliphatic rings. The van der Waals surface area contributed by atoms with Gasteiger partial charge in [0.25, 0.3) is 10.0 Å². The van der Waals surface area contributed by atoms with Crippen LogP contribution < -0.4 is 10.0 Å². The molecule has 0 saturated carbocycles. The van der Waals surface area contributed by atoms with Crippen LogP contribution in [0.1, 0.15) is 25.0 Å². The highest BCUT2D eigenvalue weighted by Gasteiger charge is 2.16. The largest absolute Gasteiger partial charge is 0.481 e. The number of carbonyl (C=O) groups is 2. The fraction of sp³-hybridized carbons (Fsp3) is 0.250. The number of carboxylic acids is 1. The number of aryl methyl sites for hydroxylation is 1. The van der Waals surface area contributed by atoms with Crippen LogP contribution in [0.2, 0.25) is 0 Å². The van der Waals surface area contributed by atoms with Crippen LogP contribution in [0, 0.1) is 6.92 Å². The number of amides is 1. The number of rotatable bonds is 8. The lowest BCUT2D eigenvalue weighted by atomic mass is 10.2. The average Bonchev–Trinajstić information content (AvgIpc) is 2.54. The van der Waals surface area contributed by atoms with Gasteiger partial charge in [-0.05, 0) is 43.7 Å². The molecule has 0 spiro atoms. The van der Waals surface area contributed by atoms with Crippen molar-refractivity contribution in [1.82, 2.24) is 9.97 Å². The number of sulfonamides is 1. The van der Waals surface area contributed by atoms with E-state index in [1.54, 1.807) is 13.0 Å². The van der Waals surface area contributed by atoms with Crippen molar-refractivity contribution in [1.29, 1.82) is 0 Å². The van der Waals surface area contributed by atoms with Crippen molar-refractivity contribution in [2.45, 2.75) is 31.1 Å². The molecule has 0 aliphatic carbocycles. The minimum atomic E-state index is -3.85. The number of nitrogens with one attached hydrogen (secondary N) is 2. The van der Waals surface area contributed by atoms with Crippen LogP contribution in [0.15, 0.2) is 41.4 Å². The number of aliphatic carboxylic acids is 1. The Labute approximate surface area is 150 Å². The minimum absolute atomic E-state index is 0.00789. The number of carbonyl (C=O) groups excluding carboxylic acids is 1. The number of anilines is 2. The molecule has 1 amide bonds. The van der Waals surface area contributed by atoms with Crippen molar-refractivity contribution in [2.75, 3.05) is 10.0 Å². The summed E-state index contributed by atoms with van der Waals surface area (Å²) in [7, 11) is -3.85. The van der Waals surface area contributed by atoms with Gasteiger partial charge in [0.2, 0.25) is 11.9 Å².